The van der Waals surface area contributed by atoms with Crippen molar-refractivity contribution in [3.8, 4) is 0 Å². The van der Waals surface area contributed by atoms with Gasteiger partial charge < -0.3 is 4.79 Å². The van der Waals surface area contributed by atoms with E-state index in [0.29, 0.717) is 0 Å². The summed E-state index contributed by atoms with van der Waals surface area (Å²) < 4.78 is 0. The lowest BCUT2D eigenvalue weighted by molar-refractivity contribution is -0.114. The zero-order valence-corrected chi connectivity index (χ0v) is 6.86. The minimum absolute atomic E-state index is 0. The lowest BCUT2D eigenvalue weighted by Crippen LogP contribution is -1.74. The highest BCUT2D eigenvalue weighted by molar-refractivity contribution is 5.78. The predicted molar refractivity (Wildman–Crippen MR) is 47.8 cm³/mol. The van der Waals surface area contributed by atoms with Gasteiger partial charge in [-0.05, 0) is 27.7 Å². The Morgan fingerprint density at radius 2 is 1.20 bits per heavy atom. The fraction of sp³-hybridized carbons (Fsp3) is 0.750. The summed E-state index contributed by atoms with van der Waals surface area (Å²) >= 11 is 0. The van der Waals surface area contributed by atoms with Gasteiger partial charge in [0.25, 0.3) is 0 Å². The van der Waals surface area contributed by atoms with Crippen molar-refractivity contribution in [2.45, 2.75) is 35.1 Å². The third-order valence-corrected chi connectivity index (χ3v) is 0.447. The zero-order chi connectivity index (χ0) is 7.86. The summed E-state index contributed by atoms with van der Waals surface area (Å²) in [5.41, 5.74) is 1.13. The molecule has 0 aliphatic carbocycles. The summed E-state index contributed by atoms with van der Waals surface area (Å²) in [6.45, 7) is 7.00. The van der Waals surface area contributed by atoms with Gasteiger partial charge in [-0.25, -0.2) is 0 Å². The third-order valence-electron chi connectivity index (χ3n) is 0.447. The van der Waals surface area contributed by atoms with Crippen LogP contribution in [0.15, 0.2) is 4.99 Å². The summed E-state index contributed by atoms with van der Waals surface area (Å²) in [6, 6.07) is 0. The molecule has 2 heteroatoms. The molecule has 0 spiro atoms. The van der Waals surface area contributed by atoms with E-state index >= 15 is 0 Å². The highest BCUT2D eigenvalue weighted by Crippen LogP contribution is 1.63. The fourth-order valence-corrected chi connectivity index (χ4v) is 0. The molecule has 0 saturated heterocycles. The van der Waals surface area contributed by atoms with Gasteiger partial charge in [-0.15, -0.1) is 0 Å². The van der Waals surface area contributed by atoms with E-state index in [1.54, 1.807) is 7.05 Å². The van der Waals surface area contributed by atoms with E-state index in [4.69, 9.17) is 0 Å². The Bertz CT molecular complexity index is 97.8. The summed E-state index contributed by atoms with van der Waals surface area (Å²) in [4.78, 5) is 13.2. The van der Waals surface area contributed by atoms with Crippen LogP contribution in [0.1, 0.15) is 35.1 Å². The largest absolute Gasteiger partial charge is 0.300 e. The van der Waals surface area contributed by atoms with Crippen molar-refractivity contribution in [1.82, 2.24) is 0 Å². The number of aliphatic imine (C=N–C) groups is 1. The van der Waals surface area contributed by atoms with Crippen LogP contribution in [-0.4, -0.2) is 18.5 Å². The smallest absolute Gasteiger partial charge is 0.126 e. The average Bonchev–Trinajstić information content (AvgIpc) is 1.65. The molecule has 0 aromatic carbocycles. The number of hydrogen-bond donors (Lipinski definition) is 0. The first-order valence-corrected chi connectivity index (χ1v) is 2.87. The van der Waals surface area contributed by atoms with E-state index < -0.39 is 0 Å². The first-order valence-electron chi connectivity index (χ1n) is 2.87. The minimum Gasteiger partial charge on any atom is -0.300 e. The first-order chi connectivity index (χ1) is 4.00. The molecule has 0 amide bonds. The van der Waals surface area contributed by atoms with E-state index in [9.17, 15) is 4.79 Å². The highest BCUT2D eigenvalue weighted by atomic mass is 16.1. The quantitative estimate of drug-likeness (QED) is 0.481. The van der Waals surface area contributed by atoms with Crippen LogP contribution in [-0.2, 0) is 4.79 Å². The van der Waals surface area contributed by atoms with E-state index in [1.165, 1.54) is 13.8 Å². The van der Waals surface area contributed by atoms with Gasteiger partial charge in [-0.3, -0.25) is 4.99 Å². The second-order valence-electron chi connectivity index (χ2n) is 2.08. The van der Waals surface area contributed by atoms with Crippen LogP contribution in [0, 0.1) is 0 Å². The molecule has 0 aliphatic rings. The SMILES string of the molecule is C.CC(C)=O.CN=C(C)C. The van der Waals surface area contributed by atoms with Gasteiger partial charge >= 0.3 is 0 Å². The molecule has 0 heterocycles. The molecule has 0 fully saturated rings. The van der Waals surface area contributed by atoms with Crippen LogP contribution in [0.5, 0.6) is 0 Å². The van der Waals surface area contributed by atoms with Crippen molar-refractivity contribution in [2.24, 2.45) is 4.99 Å². The van der Waals surface area contributed by atoms with Crippen molar-refractivity contribution in [3.05, 3.63) is 0 Å². The van der Waals surface area contributed by atoms with E-state index in [1.807, 2.05) is 13.8 Å². The first kappa shape index (κ1) is 16.2. The van der Waals surface area contributed by atoms with Gasteiger partial charge in [-0.1, -0.05) is 7.43 Å². The molecule has 0 aromatic rings. The molecule has 0 unspecified atom stereocenters. The number of carbonyl (C=O) groups is 1. The molecule has 10 heavy (non-hydrogen) atoms. The van der Waals surface area contributed by atoms with Crippen molar-refractivity contribution < 1.29 is 4.79 Å². The Morgan fingerprint density at radius 3 is 1.20 bits per heavy atom. The Kier molecular flexibility index (Phi) is 18.1. The van der Waals surface area contributed by atoms with Crippen molar-refractivity contribution in [2.75, 3.05) is 7.05 Å². The molecule has 0 aliphatic heterocycles. The molecule has 2 nitrogen and oxygen atoms in total. The summed E-state index contributed by atoms with van der Waals surface area (Å²) in [7, 11) is 1.79. The molecule has 0 saturated carbocycles. The Balaban J connectivity index is -0.0000000910. The van der Waals surface area contributed by atoms with Crippen LogP contribution in [0.25, 0.3) is 0 Å². The minimum atomic E-state index is 0. The number of ketones is 1. The number of carbonyl (C=O) groups excluding carboxylic acids is 1. The highest BCUT2D eigenvalue weighted by Gasteiger charge is 1.62. The monoisotopic (exact) mass is 145 g/mol. The normalized spacial score (nSPS) is 6.10. The maximum atomic E-state index is 9.44. The van der Waals surface area contributed by atoms with Gasteiger partial charge in [0.05, 0.1) is 0 Å². The van der Waals surface area contributed by atoms with Crippen LogP contribution in [0.4, 0.5) is 0 Å². The van der Waals surface area contributed by atoms with Gasteiger partial charge in [0, 0.05) is 12.8 Å². The van der Waals surface area contributed by atoms with Crippen molar-refractivity contribution in [1.29, 1.82) is 0 Å². The van der Waals surface area contributed by atoms with E-state index in [0.717, 1.165) is 5.71 Å². The molecular weight excluding hydrogens is 126 g/mol. The lowest BCUT2D eigenvalue weighted by Gasteiger charge is -1.74. The molecule has 0 N–H and O–H groups in total. The van der Waals surface area contributed by atoms with Crippen LogP contribution in [0.3, 0.4) is 0 Å². The summed E-state index contributed by atoms with van der Waals surface area (Å²) in [5, 5.41) is 0. The number of nitrogens with zero attached hydrogens (tertiary/aromatic N) is 1. The van der Waals surface area contributed by atoms with Gasteiger partial charge in [-0.2, -0.15) is 0 Å². The number of hydrogen-bond acceptors (Lipinski definition) is 2. The standard InChI is InChI=1S/C4H9N.C3H6O.CH4/c1-4(2)5-3;1-3(2)4;/h1-3H3;1-2H3;1H4. The molecule has 0 atom stereocenters. The number of rotatable bonds is 0. The van der Waals surface area contributed by atoms with Crippen LogP contribution >= 0.6 is 0 Å². The zero-order valence-electron chi connectivity index (χ0n) is 6.86. The van der Waals surface area contributed by atoms with Crippen LogP contribution in [0.2, 0.25) is 0 Å². The van der Waals surface area contributed by atoms with Crippen molar-refractivity contribution in [3.63, 3.8) is 0 Å². The molecule has 0 rings (SSSR count). The Morgan fingerprint density at radius 1 is 1.10 bits per heavy atom. The van der Waals surface area contributed by atoms with Gasteiger partial charge in [0.15, 0.2) is 0 Å². The fourth-order valence-electron chi connectivity index (χ4n) is 0. The Hall–Kier alpha value is -0.660. The molecule has 0 radical (unpaired) electrons. The molecule has 0 aromatic heterocycles. The molecular formula is C8H19NO. The molecule has 62 valence electrons. The maximum Gasteiger partial charge on any atom is 0.126 e. The second kappa shape index (κ2) is 11.2. The lowest BCUT2D eigenvalue weighted by atomic mass is 10.5. The summed E-state index contributed by atoms with van der Waals surface area (Å²) in [6.07, 6.45) is 0. The molecule has 0 bridgehead atoms. The third kappa shape index (κ3) is 164. The van der Waals surface area contributed by atoms with E-state index in [2.05, 4.69) is 4.99 Å². The summed E-state index contributed by atoms with van der Waals surface area (Å²) in [5.74, 6) is 0.167. The average molecular weight is 145 g/mol. The van der Waals surface area contributed by atoms with Gasteiger partial charge in [0.2, 0.25) is 0 Å². The van der Waals surface area contributed by atoms with E-state index in [-0.39, 0.29) is 13.2 Å². The maximum absolute atomic E-state index is 9.44. The number of Topliss-reactive ketones (excluding diaryl/α,β-unsaturated/α-hetero) is 1. The second-order valence-corrected chi connectivity index (χ2v) is 2.08. The van der Waals surface area contributed by atoms with Crippen molar-refractivity contribution >= 4 is 11.5 Å². The topological polar surface area (TPSA) is 29.4 Å². The Labute approximate surface area is 64.4 Å². The van der Waals surface area contributed by atoms with Crippen LogP contribution < -0.4 is 0 Å². The predicted octanol–water partition coefficient (Wildman–Crippen LogP) is 2.33. The van der Waals surface area contributed by atoms with Gasteiger partial charge in [0.1, 0.15) is 5.78 Å².